The van der Waals surface area contributed by atoms with Crippen molar-refractivity contribution in [3.63, 3.8) is 0 Å². The van der Waals surface area contributed by atoms with E-state index in [1.807, 2.05) is 50.2 Å². The van der Waals surface area contributed by atoms with E-state index in [0.717, 1.165) is 29.3 Å². The van der Waals surface area contributed by atoms with Crippen LogP contribution >= 0.6 is 24.0 Å². The fourth-order valence-corrected chi connectivity index (χ4v) is 4.17. The number of aryl methyl sites for hydroxylation is 1. The largest absolute Gasteiger partial charge is 0.493 e. The van der Waals surface area contributed by atoms with Crippen LogP contribution in [-0.4, -0.2) is 41.4 Å². The molecule has 0 aromatic heterocycles. The van der Waals surface area contributed by atoms with E-state index in [4.69, 9.17) is 26.4 Å². The number of methoxy groups -OCH3 is 1. The summed E-state index contributed by atoms with van der Waals surface area (Å²) in [6, 6.07) is 13.6. The first-order valence-electron chi connectivity index (χ1n) is 10.2. The number of thioether (sulfide) groups is 1. The monoisotopic (exact) mass is 471 g/mol. The molecule has 3 rings (SSSR count). The normalized spacial score (nSPS) is 14.7. The third kappa shape index (κ3) is 6.11. The first-order chi connectivity index (χ1) is 15.4. The van der Waals surface area contributed by atoms with Gasteiger partial charge in [-0.05, 0) is 42.7 Å². The van der Waals surface area contributed by atoms with Crippen LogP contribution in [0, 0.1) is 6.92 Å². The highest BCUT2D eigenvalue weighted by Crippen LogP contribution is 2.35. The Morgan fingerprint density at radius 1 is 1.16 bits per heavy atom. The molecule has 1 fully saturated rings. The van der Waals surface area contributed by atoms with Crippen LogP contribution in [0.2, 0.25) is 0 Å². The van der Waals surface area contributed by atoms with Crippen molar-refractivity contribution in [1.82, 2.24) is 4.90 Å². The molecule has 0 unspecified atom stereocenters. The third-order valence-electron chi connectivity index (χ3n) is 4.63. The quantitative estimate of drug-likeness (QED) is 0.297. The van der Waals surface area contributed by atoms with Gasteiger partial charge in [0.15, 0.2) is 11.5 Å². The van der Waals surface area contributed by atoms with Crippen LogP contribution in [0.15, 0.2) is 47.4 Å². The molecule has 0 bridgehead atoms. The molecule has 1 aliphatic heterocycles. The van der Waals surface area contributed by atoms with Crippen molar-refractivity contribution in [3.05, 3.63) is 64.1 Å². The van der Waals surface area contributed by atoms with Crippen molar-refractivity contribution >= 4 is 46.3 Å². The summed E-state index contributed by atoms with van der Waals surface area (Å²) in [5.41, 5.74) is 3.01. The van der Waals surface area contributed by atoms with E-state index in [0.29, 0.717) is 33.9 Å². The molecule has 0 atom stereocenters. The summed E-state index contributed by atoms with van der Waals surface area (Å²) in [5.74, 6) is 0.384. The molecule has 1 saturated heterocycles. The lowest BCUT2D eigenvalue weighted by atomic mass is 10.1. The first kappa shape index (κ1) is 23.8. The first-order valence-corrected chi connectivity index (χ1v) is 11.4. The van der Waals surface area contributed by atoms with E-state index in [1.165, 1.54) is 10.5 Å². The maximum atomic E-state index is 12.7. The summed E-state index contributed by atoms with van der Waals surface area (Å²) in [6.07, 6.45) is 2.44. The number of carbonyl (C=O) groups is 2. The van der Waals surface area contributed by atoms with Crippen LogP contribution < -0.4 is 9.47 Å². The number of amides is 1. The van der Waals surface area contributed by atoms with Crippen molar-refractivity contribution in [2.24, 2.45) is 0 Å². The van der Waals surface area contributed by atoms with Gasteiger partial charge in [0.05, 0.1) is 18.6 Å². The van der Waals surface area contributed by atoms with Gasteiger partial charge in [-0.25, -0.2) is 0 Å². The number of thiocarbonyl (C=S) groups is 1. The Hall–Kier alpha value is -2.84. The molecular weight excluding hydrogens is 446 g/mol. The van der Waals surface area contributed by atoms with Crippen molar-refractivity contribution in [2.75, 3.05) is 20.3 Å². The second kappa shape index (κ2) is 11.2. The molecule has 32 heavy (non-hydrogen) atoms. The van der Waals surface area contributed by atoms with E-state index in [2.05, 4.69) is 0 Å². The highest BCUT2D eigenvalue weighted by molar-refractivity contribution is 8.26. The third-order valence-corrected chi connectivity index (χ3v) is 6.01. The molecule has 1 aliphatic rings. The van der Waals surface area contributed by atoms with Crippen LogP contribution in [0.5, 0.6) is 11.5 Å². The number of benzene rings is 2. The topological polar surface area (TPSA) is 65.1 Å². The molecule has 0 aliphatic carbocycles. The number of esters is 1. The van der Waals surface area contributed by atoms with Gasteiger partial charge in [0.25, 0.3) is 5.91 Å². The van der Waals surface area contributed by atoms with Crippen LogP contribution in [0.25, 0.3) is 6.08 Å². The van der Waals surface area contributed by atoms with Crippen LogP contribution in [0.3, 0.4) is 0 Å². The molecule has 0 spiro atoms. The zero-order valence-corrected chi connectivity index (χ0v) is 19.9. The second-order valence-corrected chi connectivity index (χ2v) is 8.85. The predicted molar refractivity (Wildman–Crippen MR) is 130 cm³/mol. The molecule has 0 radical (unpaired) electrons. The highest BCUT2D eigenvalue weighted by atomic mass is 32.2. The van der Waals surface area contributed by atoms with Crippen molar-refractivity contribution in [2.45, 2.75) is 26.9 Å². The molecule has 1 amide bonds. The average Bonchev–Trinajstić information content (AvgIpc) is 3.05. The standard InChI is InChI=1S/C24H25NO5S2/c1-4-11-29-22(26)14-25-23(27)21(32-24(25)31)13-18-9-10-19(20(12-18)28-3)30-15-17-7-5-16(2)6-8-17/h5-10,12-13H,4,11,14-15H2,1-3H3. The van der Waals surface area contributed by atoms with E-state index in [9.17, 15) is 9.59 Å². The van der Waals surface area contributed by atoms with Crippen LogP contribution in [-0.2, 0) is 20.9 Å². The molecule has 0 saturated carbocycles. The summed E-state index contributed by atoms with van der Waals surface area (Å²) < 4.78 is 16.8. The lowest BCUT2D eigenvalue weighted by Crippen LogP contribution is -2.34. The van der Waals surface area contributed by atoms with Crippen LogP contribution in [0.1, 0.15) is 30.0 Å². The van der Waals surface area contributed by atoms with Gasteiger partial charge in [0.2, 0.25) is 0 Å². The van der Waals surface area contributed by atoms with Gasteiger partial charge in [-0.3, -0.25) is 14.5 Å². The molecule has 1 heterocycles. The van der Waals surface area contributed by atoms with Gasteiger partial charge < -0.3 is 14.2 Å². The summed E-state index contributed by atoms with van der Waals surface area (Å²) in [5, 5.41) is 0. The fourth-order valence-electron chi connectivity index (χ4n) is 2.92. The van der Waals surface area contributed by atoms with Gasteiger partial charge in [-0.2, -0.15) is 0 Å². The lowest BCUT2D eigenvalue weighted by Gasteiger charge is -2.13. The fraction of sp³-hybridized carbons (Fsp3) is 0.292. The summed E-state index contributed by atoms with van der Waals surface area (Å²) in [6.45, 7) is 4.50. The van der Waals surface area contributed by atoms with E-state index >= 15 is 0 Å². The van der Waals surface area contributed by atoms with E-state index in [1.54, 1.807) is 19.3 Å². The van der Waals surface area contributed by atoms with Gasteiger partial charge in [-0.15, -0.1) is 0 Å². The average molecular weight is 472 g/mol. The van der Waals surface area contributed by atoms with Crippen LogP contribution in [0.4, 0.5) is 0 Å². The minimum atomic E-state index is -0.471. The van der Waals surface area contributed by atoms with Gasteiger partial charge in [-0.1, -0.05) is 66.8 Å². The molecular formula is C24H25NO5S2. The zero-order chi connectivity index (χ0) is 23.1. The lowest BCUT2D eigenvalue weighted by molar-refractivity contribution is -0.146. The van der Waals surface area contributed by atoms with Gasteiger partial charge in [0.1, 0.15) is 17.5 Å². The number of hydrogen-bond acceptors (Lipinski definition) is 7. The zero-order valence-electron chi connectivity index (χ0n) is 18.3. The van der Waals surface area contributed by atoms with Gasteiger partial charge >= 0.3 is 5.97 Å². The Morgan fingerprint density at radius 2 is 1.91 bits per heavy atom. The van der Waals surface area contributed by atoms with Crippen molar-refractivity contribution < 1.29 is 23.8 Å². The number of ether oxygens (including phenoxy) is 3. The Bertz CT molecular complexity index is 1030. The Kier molecular flexibility index (Phi) is 8.30. The van der Waals surface area contributed by atoms with Gasteiger partial charge in [0, 0.05) is 0 Å². The molecule has 2 aromatic carbocycles. The van der Waals surface area contributed by atoms with E-state index in [-0.39, 0.29) is 12.5 Å². The smallest absolute Gasteiger partial charge is 0.326 e. The maximum absolute atomic E-state index is 12.7. The van der Waals surface area contributed by atoms with E-state index < -0.39 is 5.97 Å². The number of hydrogen-bond donors (Lipinski definition) is 0. The number of nitrogens with zero attached hydrogens (tertiary/aromatic N) is 1. The summed E-state index contributed by atoms with van der Waals surface area (Å²) in [4.78, 5) is 26.3. The number of carbonyl (C=O) groups excluding carboxylic acids is 2. The second-order valence-electron chi connectivity index (χ2n) is 7.17. The van der Waals surface area contributed by atoms with Crippen molar-refractivity contribution in [3.8, 4) is 11.5 Å². The predicted octanol–water partition coefficient (Wildman–Crippen LogP) is 4.74. The summed E-state index contributed by atoms with van der Waals surface area (Å²) in [7, 11) is 1.57. The Morgan fingerprint density at radius 3 is 2.59 bits per heavy atom. The Labute approximate surface area is 197 Å². The number of rotatable bonds is 9. The minimum Gasteiger partial charge on any atom is -0.493 e. The molecule has 2 aromatic rings. The molecule has 8 heteroatoms. The molecule has 0 N–H and O–H groups in total. The molecule has 6 nitrogen and oxygen atoms in total. The highest BCUT2D eigenvalue weighted by Gasteiger charge is 2.33. The minimum absolute atomic E-state index is 0.183. The Balaban J connectivity index is 1.69. The molecule has 168 valence electrons. The SMILES string of the molecule is CCCOC(=O)CN1C(=O)C(=Cc2ccc(OCc3ccc(C)cc3)c(OC)c2)SC1=S. The van der Waals surface area contributed by atoms with Crippen molar-refractivity contribution in [1.29, 1.82) is 0 Å². The summed E-state index contributed by atoms with van der Waals surface area (Å²) >= 11 is 6.43. The maximum Gasteiger partial charge on any atom is 0.326 e.